The molecule has 2 rings (SSSR count). The lowest BCUT2D eigenvalue weighted by Gasteiger charge is -2.04. The van der Waals surface area contributed by atoms with Gasteiger partial charge >= 0.3 is 0 Å². The van der Waals surface area contributed by atoms with Crippen LogP contribution in [0.3, 0.4) is 0 Å². The molecule has 1 heterocycles. The molecule has 0 aliphatic carbocycles. The van der Waals surface area contributed by atoms with Gasteiger partial charge < -0.3 is 5.32 Å². The number of halogens is 2. The van der Waals surface area contributed by atoms with Crippen molar-refractivity contribution in [1.82, 2.24) is 10.2 Å². The first-order valence-electron chi connectivity index (χ1n) is 5.81. The van der Waals surface area contributed by atoms with Gasteiger partial charge in [0.15, 0.2) is 5.82 Å². The van der Waals surface area contributed by atoms with Crippen LogP contribution < -0.4 is 5.32 Å². The molecular formula is C13H13BrClN3O. The maximum atomic E-state index is 11.8. The Bertz CT molecular complexity index is 597. The second-order valence-electron chi connectivity index (χ2n) is 4.15. The molecule has 0 aliphatic rings. The molecule has 0 aliphatic heterocycles. The number of rotatable bonds is 4. The Morgan fingerprint density at radius 3 is 2.84 bits per heavy atom. The zero-order chi connectivity index (χ0) is 13.8. The molecule has 0 saturated carbocycles. The number of anilines is 1. The molecule has 4 nitrogen and oxygen atoms in total. The summed E-state index contributed by atoms with van der Waals surface area (Å²) in [5, 5.41) is 9.80. The van der Waals surface area contributed by atoms with Gasteiger partial charge in [0.05, 0.1) is 5.69 Å². The minimum atomic E-state index is -0.107. The molecule has 0 atom stereocenters. The summed E-state index contributed by atoms with van der Waals surface area (Å²) in [6.45, 7) is 1.80. The first kappa shape index (κ1) is 14.1. The number of carbonyl (C=O) groups excluding carboxylic acids is 1. The third kappa shape index (κ3) is 3.58. The monoisotopic (exact) mass is 341 g/mol. The van der Waals surface area contributed by atoms with Crippen molar-refractivity contribution in [3.05, 3.63) is 45.0 Å². The fourth-order valence-electron chi connectivity index (χ4n) is 1.64. The average Bonchev–Trinajstić information content (AvgIpc) is 2.70. The zero-order valence-corrected chi connectivity index (χ0v) is 12.7. The maximum Gasteiger partial charge on any atom is 0.225 e. The summed E-state index contributed by atoms with van der Waals surface area (Å²) in [6, 6.07) is 7.84. The van der Waals surface area contributed by atoms with Gasteiger partial charge in [-0.3, -0.25) is 9.89 Å². The number of H-pyrrole nitrogens is 1. The molecule has 0 radical (unpaired) electrons. The van der Waals surface area contributed by atoms with Crippen LogP contribution >= 0.6 is 27.5 Å². The van der Waals surface area contributed by atoms with E-state index in [0.29, 0.717) is 23.7 Å². The Morgan fingerprint density at radius 1 is 1.47 bits per heavy atom. The predicted molar refractivity (Wildman–Crippen MR) is 79.4 cm³/mol. The van der Waals surface area contributed by atoms with E-state index < -0.39 is 0 Å². The van der Waals surface area contributed by atoms with Crippen molar-refractivity contribution >= 4 is 39.3 Å². The summed E-state index contributed by atoms with van der Waals surface area (Å²) in [4.78, 5) is 11.8. The Morgan fingerprint density at radius 2 is 2.21 bits per heavy atom. The molecule has 2 N–H and O–H groups in total. The molecular weight excluding hydrogens is 330 g/mol. The highest BCUT2D eigenvalue weighted by Crippen LogP contribution is 2.22. The minimum Gasteiger partial charge on any atom is -0.308 e. The summed E-state index contributed by atoms with van der Waals surface area (Å²) < 4.78 is 1.01. The smallest absolute Gasteiger partial charge is 0.225 e. The van der Waals surface area contributed by atoms with Crippen LogP contribution in [0.25, 0.3) is 0 Å². The van der Waals surface area contributed by atoms with Crippen molar-refractivity contribution < 1.29 is 4.79 Å². The van der Waals surface area contributed by atoms with Crippen LogP contribution in [0.5, 0.6) is 0 Å². The molecule has 0 saturated heterocycles. The normalized spacial score (nSPS) is 10.5. The van der Waals surface area contributed by atoms with Crippen LogP contribution in [0.15, 0.2) is 28.7 Å². The van der Waals surface area contributed by atoms with E-state index in [0.717, 1.165) is 15.7 Å². The quantitative estimate of drug-likeness (QED) is 0.890. The van der Waals surface area contributed by atoms with E-state index in [1.54, 1.807) is 6.92 Å². The van der Waals surface area contributed by atoms with Crippen LogP contribution in [0, 0.1) is 6.92 Å². The molecule has 0 bridgehead atoms. The zero-order valence-electron chi connectivity index (χ0n) is 10.3. The summed E-state index contributed by atoms with van der Waals surface area (Å²) in [7, 11) is 0. The van der Waals surface area contributed by atoms with Crippen LogP contribution in [-0.4, -0.2) is 16.1 Å². The molecule has 1 aromatic carbocycles. The number of benzene rings is 1. The third-order valence-electron chi connectivity index (χ3n) is 2.71. The molecule has 19 heavy (non-hydrogen) atoms. The average molecular weight is 343 g/mol. The van der Waals surface area contributed by atoms with Crippen LogP contribution in [0.4, 0.5) is 5.82 Å². The fourth-order valence-corrected chi connectivity index (χ4v) is 2.26. The van der Waals surface area contributed by atoms with E-state index in [-0.39, 0.29) is 5.91 Å². The van der Waals surface area contributed by atoms with Gasteiger partial charge in [0.1, 0.15) is 5.02 Å². The van der Waals surface area contributed by atoms with Gasteiger partial charge in [-0.25, -0.2) is 0 Å². The van der Waals surface area contributed by atoms with Crippen LogP contribution in [0.2, 0.25) is 5.02 Å². The van der Waals surface area contributed by atoms with Gasteiger partial charge in [-0.2, -0.15) is 5.10 Å². The number of hydrogen-bond acceptors (Lipinski definition) is 2. The van der Waals surface area contributed by atoms with Crippen molar-refractivity contribution in [2.24, 2.45) is 0 Å². The van der Waals surface area contributed by atoms with E-state index in [2.05, 4.69) is 31.4 Å². The van der Waals surface area contributed by atoms with Crippen LogP contribution in [0.1, 0.15) is 17.7 Å². The van der Waals surface area contributed by atoms with Crippen molar-refractivity contribution in [3.8, 4) is 0 Å². The summed E-state index contributed by atoms with van der Waals surface area (Å²) in [6.07, 6.45) is 1.04. The largest absolute Gasteiger partial charge is 0.308 e. The minimum absolute atomic E-state index is 0.107. The number of amides is 1. The lowest BCUT2D eigenvalue weighted by atomic mass is 10.1. The van der Waals surface area contributed by atoms with E-state index in [1.165, 1.54) is 0 Å². The number of nitrogens with zero attached hydrogens (tertiary/aromatic N) is 1. The number of aryl methyl sites for hydroxylation is 2. The summed E-state index contributed by atoms with van der Waals surface area (Å²) in [5.74, 6) is 0.278. The van der Waals surface area contributed by atoms with E-state index in [1.807, 2.05) is 24.3 Å². The lowest BCUT2D eigenvalue weighted by molar-refractivity contribution is -0.116. The summed E-state index contributed by atoms with van der Waals surface area (Å²) in [5.41, 5.74) is 1.84. The van der Waals surface area contributed by atoms with Crippen molar-refractivity contribution in [2.75, 3.05) is 5.32 Å². The highest BCUT2D eigenvalue weighted by molar-refractivity contribution is 9.10. The molecule has 1 aromatic heterocycles. The van der Waals surface area contributed by atoms with Gasteiger partial charge in [-0.1, -0.05) is 45.7 Å². The molecule has 6 heteroatoms. The Labute approximate surface area is 124 Å². The first-order chi connectivity index (χ1) is 9.08. The number of aromatic amines is 1. The first-order valence-corrected chi connectivity index (χ1v) is 6.98. The topological polar surface area (TPSA) is 57.8 Å². The Hall–Kier alpha value is -1.33. The number of hydrogen-bond donors (Lipinski definition) is 2. The van der Waals surface area contributed by atoms with Crippen molar-refractivity contribution in [3.63, 3.8) is 0 Å². The summed E-state index contributed by atoms with van der Waals surface area (Å²) >= 11 is 9.44. The van der Waals surface area contributed by atoms with E-state index in [4.69, 9.17) is 11.6 Å². The van der Waals surface area contributed by atoms with Gasteiger partial charge in [-0.15, -0.1) is 0 Å². The molecule has 0 spiro atoms. The highest BCUT2D eigenvalue weighted by atomic mass is 79.9. The molecule has 2 aromatic rings. The molecule has 0 fully saturated rings. The second-order valence-corrected chi connectivity index (χ2v) is 5.38. The maximum absolute atomic E-state index is 11.8. The SMILES string of the molecule is Cc1[nH]nc(NC(=O)CCc2ccccc2Br)c1Cl. The van der Waals surface area contributed by atoms with Crippen molar-refractivity contribution in [1.29, 1.82) is 0 Å². The van der Waals surface area contributed by atoms with E-state index in [9.17, 15) is 4.79 Å². The Kier molecular flexibility index (Phi) is 4.61. The van der Waals surface area contributed by atoms with Crippen molar-refractivity contribution in [2.45, 2.75) is 19.8 Å². The third-order valence-corrected chi connectivity index (χ3v) is 3.95. The lowest BCUT2D eigenvalue weighted by Crippen LogP contribution is -2.13. The van der Waals surface area contributed by atoms with E-state index >= 15 is 0 Å². The Balaban J connectivity index is 1.92. The van der Waals surface area contributed by atoms with Gasteiger partial charge in [0.2, 0.25) is 5.91 Å². The molecule has 100 valence electrons. The number of carbonyl (C=O) groups is 1. The number of nitrogens with one attached hydrogen (secondary N) is 2. The highest BCUT2D eigenvalue weighted by Gasteiger charge is 2.11. The van der Waals surface area contributed by atoms with Gasteiger partial charge in [0.25, 0.3) is 0 Å². The molecule has 0 unspecified atom stereocenters. The van der Waals surface area contributed by atoms with Gasteiger partial charge in [-0.05, 0) is 25.0 Å². The fraction of sp³-hybridized carbons (Fsp3) is 0.231. The molecule has 1 amide bonds. The predicted octanol–water partition coefficient (Wildman–Crippen LogP) is 3.71. The second kappa shape index (κ2) is 6.21. The number of aromatic nitrogens is 2. The van der Waals surface area contributed by atoms with Gasteiger partial charge in [0, 0.05) is 10.9 Å². The standard InChI is InChI=1S/C13H13BrClN3O/c1-8-12(15)13(18-17-8)16-11(19)7-6-9-4-2-3-5-10(9)14/h2-5H,6-7H2,1H3,(H2,16,17,18,19). The van der Waals surface area contributed by atoms with Crippen LogP contribution in [-0.2, 0) is 11.2 Å².